The van der Waals surface area contributed by atoms with Gasteiger partial charge in [0.05, 0.1) is 6.54 Å². The Labute approximate surface area is 73.4 Å². The second-order valence-corrected chi connectivity index (χ2v) is 3.63. The van der Waals surface area contributed by atoms with Gasteiger partial charge in [0.15, 0.2) is 0 Å². The second kappa shape index (κ2) is 4.58. The summed E-state index contributed by atoms with van der Waals surface area (Å²) in [6.07, 6.45) is 2.21. The van der Waals surface area contributed by atoms with Crippen LogP contribution in [0.3, 0.4) is 0 Å². The van der Waals surface area contributed by atoms with Crippen LogP contribution in [0.5, 0.6) is 0 Å². The molecule has 3 heteroatoms. The second-order valence-electron chi connectivity index (χ2n) is 3.63. The molecule has 0 aromatic carbocycles. The number of aliphatic hydroxyl groups is 1. The van der Waals surface area contributed by atoms with Crippen molar-refractivity contribution in [2.75, 3.05) is 26.2 Å². The molecule has 1 N–H and O–H groups in total. The minimum atomic E-state index is 0.216. The van der Waals surface area contributed by atoms with Crippen molar-refractivity contribution in [2.24, 2.45) is 5.92 Å². The van der Waals surface area contributed by atoms with Gasteiger partial charge in [-0.05, 0) is 32.2 Å². The Bertz CT molecular complexity index is 159. The van der Waals surface area contributed by atoms with Gasteiger partial charge in [0, 0.05) is 13.2 Å². The van der Waals surface area contributed by atoms with E-state index in [2.05, 4.69) is 4.90 Å². The maximum absolute atomic E-state index is 10.8. The van der Waals surface area contributed by atoms with Crippen LogP contribution in [0.15, 0.2) is 0 Å². The van der Waals surface area contributed by atoms with Crippen molar-refractivity contribution in [3.8, 4) is 0 Å². The Morgan fingerprint density at radius 2 is 2.42 bits per heavy atom. The number of ketones is 1. The molecule has 1 atom stereocenters. The normalized spacial score (nSPS) is 25.7. The predicted molar refractivity (Wildman–Crippen MR) is 46.9 cm³/mol. The van der Waals surface area contributed by atoms with E-state index in [9.17, 15) is 4.79 Å². The van der Waals surface area contributed by atoms with E-state index >= 15 is 0 Å². The number of hydrogen-bond acceptors (Lipinski definition) is 3. The van der Waals surface area contributed by atoms with Gasteiger partial charge in [-0.15, -0.1) is 0 Å². The van der Waals surface area contributed by atoms with E-state index in [-0.39, 0.29) is 12.4 Å². The molecule has 0 unspecified atom stereocenters. The van der Waals surface area contributed by atoms with E-state index in [1.54, 1.807) is 6.92 Å². The Kier molecular flexibility index (Phi) is 3.69. The summed E-state index contributed by atoms with van der Waals surface area (Å²) >= 11 is 0. The number of nitrogens with zero attached hydrogens (tertiary/aromatic N) is 1. The summed E-state index contributed by atoms with van der Waals surface area (Å²) in [4.78, 5) is 12.9. The Hall–Kier alpha value is -0.410. The van der Waals surface area contributed by atoms with Crippen LogP contribution >= 0.6 is 0 Å². The quantitative estimate of drug-likeness (QED) is 0.663. The number of likely N-dealkylation sites (tertiary alicyclic amines) is 1. The fourth-order valence-electron chi connectivity index (χ4n) is 1.76. The molecule has 1 saturated heterocycles. The summed E-state index contributed by atoms with van der Waals surface area (Å²) in [5.41, 5.74) is 0. The lowest BCUT2D eigenvalue weighted by Crippen LogP contribution is -2.39. The van der Waals surface area contributed by atoms with Gasteiger partial charge in [-0.3, -0.25) is 9.69 Å². The lowest BCUT2D eigenvalue weighted by Gasteiger charge is -2.30. The van der Waals surface area contributed by atoms with Gasteiger partial charge in [-0.1, -0.05) is 0 Å². The molecular formula is C9H17NO2. The van der Waals surface area contributed by atoms with Gasteiger partial charge >= 0.3 is 0 Å². The Morgan fingerprint density at radius 1 is 1.67 bits per heavy atom. The van der Waals surface area contributed by atoms with Gasteiger partial charge in [0.25, 0.3) is 0 Å². The highest BCUT2D eigenvalue weighted by molar-refractivity contribution is 5.77. The van der Waals surface area contributed by atoms with Crippen LogP contribution in [0, 0.1) is 5.92 Å². The van der Waals surface area contributed by atoms with Crippen molar-refractivity contribution in [1.29, 1.82) is 0 Å². The van der Waals surface area contributed by atoms with E-state index in [4.69, 9.17) is 5.11 Å². The maximum Gasteiger partial charge on any atom is 0.143 e. The minimum absolute atomic E-state index is 0.216. The number of rotatable bonds is 3. The molecule has 0 aromatic rings. The first kappa shape index (κ1) is 9.68. The number of carbonyl (C=O) groups excluding carboxylic acids is 1. The minimum Gasteiger partial charge on any atom is -0.396 e. The highest BCUT2D eigenvalue weighted by Gasteiger charge is 2.19. The molecule has 1 fully saturated rings. The molecule has 3 nitrogen and oxygen atoms in total. The standard InChI is InChI=1S/C9H17NO2/c1-8(12)5-10-4-2-3-9(6-10)7-11/h9,11H,2-7H2,1H3/t9-/m0/s1. The third-order valence-electron chi connectivity index (χ3n) is 2.31. The lowest BCUT2D eigenvalue weighted by molar-refractivity contribution is -0.118. The molecule has 0 amide bonds. The van der Waals surface area contributed by atoms with Crippen LogP contribution in [-0.2, 0) is 4.79 Å². The average Bonchev–Trinajstić information content (AvgIpc) is 2.03. The van der Waals surface area contributed by atoms with E-state index in [0.29, 0.717) is 12.5 Å². The summed E-state index contributed by atoms with van der Waals surface area (Å²) in [6, 6.07) is 0. The van der Waals surface area contributed by atoms with Crippen molar-refractivity contribution in [3.05, 3.63) is 0 Å². The number of carbonyl (C=O) groups is 1. The highest BCUT2D eigenvalue weighted by atomic mass is 16.3. The first-order valence-corrected chi connectivity index (χ1v) is 4.55. The molecule has 0 spiro atoms. The molecule has 0 saturated carbocycles. The van der Waals surface area contributed by atoms with Crippen molar-refractivity contribution < 1.29 is 9.90 Å². The van der Waals surface area contributed by atoms with Crippen molar-refractivity contribution >= 4 is 5.78 Å². The van der Waals surface area contributed by atoms with Crippen molar-refractivity contribution in [1.82, 2.24) is 4.90 Å². The molecule has 1 aliphatic heterocycles. The molecule has 1 aliphatic rings. The van der Waals surface area contributed by atoms with Gasteiger partial charge in [-0.2, -0.15) is 0 Å². The predicted octanol–water partition coefficient (Wildman–Crippen LogP) is 0.280. The first-order chi connectivity index (χ1) is 5.72. The zero-order chi connectivity index (χ0) is 8.97. The largest absolute Gasteiger partial charge is 0.396 e. The van der Waals surface area contributed by atoms with Crippen molar-refractivity contribution in [2.45, 2.75) is 19.8 Å². The molecule has 0 aliphatic carbocycles. The molecule has 0 radical (unpaired) electrons. The lowest BCUT2D eigenvalue weighted by atomic mass is 9.99. The number of Topliss-reactive ketones (excluding diaryl/α,β-unsaturated/α-hetero) is 1. The zero-order valence-corrected chi connectivity index (χ0v) is 7.62. The van der Waals surface area contributed by atoms with Crippen LogP contribution in [0.1, 0.15) is 19.8 Å². The fraction of sp³-hybridized carbons (Fsp3) is 0.889. The SMILES string of the molecule is CC(=O)CN1CCC[C@H](CO)C1. The third kappa shape index (κ3) is 2.91. The third-order valence-corrected chi connectivity index (χ3v) is 2.31. The van der Waals surface area contributed by atoms with Crippen LogP contribution in [0.4, 0.5) is 0 Å². The number of piperidine rings is 1. The van der Waals surface area contributed by atoms with E-state index in [0.717, 1.165) is 25.9 Å². The Balaban J connectivity index is 2.30. The molecule has 1 rings (SSSR count). The van der Waals surface area contributed by atoms with Crippen molar-refractivity contribution in [3.63, 3.8) is 0 Å². The summed E-state index contributed by atoms with van der Waals surface area (Å²) in [5, 5.41) is 8.93. The van der Waals surface area contributed by atoms with E-state index in [1.807, 2.05) is 0 Å². The number of hydrogen-bond donors (Lipinski definition) is 1. The molecule has 1 heterocycles. The van der Waals surface area contributed by atoms with Gasteiger partial charge < -0.3 is 5.11 Å². The summed E-state index contributed by atoms with van der Waals surface area (Å²) in [5.74, 6) is 0.603. The van der Waals surface area contributed by atoms with Gasteiger partial charge in [-0.25, -0.2) is 0 Å². The smallest absolute Gasteiger partial charge is 0.143 e. The fourth-order valence-corrected chi connectivity index (χ4v) is 1.76. The topological polar surface area (TPSA) is 40.5 Å². The average molecular weight is 171 g/mol. The summed E-state index contributed by atoms with van der Waals surface area (Å²) in [6.45, 7) is 4.32. The monoisotopic (exact) mass is 171 g/mol. The van der Waals surface area contributed by atoms with Crippen LogP contribution < -0.4 is 0 Å². The molecular weight excluding hydrogens is 154 g/mol. The molecule has 0 bridgehead atoms. The first-order valence-electron chi connectivity index (χ1n) is 4.55. The van der Waals surface area contributed by atoms with Crippen LogP contribution in [0.25, 0.3) is 0 Å². The summed E-state index contributed by atoms with van der Waals surface area (Å²) in [7, 11) is 0. The van der Waals surface area contributed by atoms with Crippen LogP contribution in [-0.4, -0.2) is 42.0 Å². The Morgan fingerprint density at radius 3 is 3.00 bits per heavy atom. The maximum atomic E-state index is 10.8. The van der Waals surface area contributed by atoms with Gasteiger partial charge in [0.1, 0.15) is 5.78 Å². The molecule has 12 heavy (non-hydrogen) atoms. The molecule has 70 valence electrons. The van der Waals surface area contributed by atoms with E-state index in [1.165, 1.54) is 0 Å². The number of aliphatic hydroxyl groups excluding tert-OH is 1. The van der Waals surface area contributed by atoms with Crippen LogP contribution in [0.2, 0.25) is 0 Å². The van der Waals surface area contributed by atoms with E-state index < -0.39 is 0 Å². The summed E-state index contributed by atoms with van der Waals surface area (Å²) < 4.78 is 0. The van der Waals surface area contributed by atoms with Gasteiger partial charge in [0.2, 0.25) is 0 Å². The molecule has 0 aromatic heterocycles. The highest BCUT2D eigenvalue weighted by Crippen LogP contribution is 2.14. The zero-order valence-electron chi connectivity index (χ0n) is 7.62.